The van der Waals surface area contributed by atoms with Gasteiger partial charge in [0.25, 0.3) is 10.3 Å². The van der Waals surface area contributed by atoms with Crippen LogP contribution in [0.5, 0.6) is 0 Å². The zero-order valence-electron chi connectivity index (χ0n) is 18.2. The Kier molecular flexibility index (Phi) is 8.35. The second kappa shape index (κ2) is 11.4. The number of carbonyl (C=O) groups is 1. The van der Waals surface area contributed by atoms with Crippen molar-refractivity contribution in [2.24, 2.45) is 11.7 Å². The summed E-state index contributed by atoms with van der Waals surface area (Å²) in [6.45, 7) is 0.251. The first-order valence-corrected chi connectivity index (χ1v) is 11.4. The first-order valence-electron chi connectivity index (χ1n) is 10.3. The molecular weight excluding hydrogens is 438 g/mol. The molecule has 170 valence electrons. The summed E-state index contributed by atoms with van der Waals surface area (Å²) in [7, 11) is -1.34. The lowest BCUT2D eigenvalue weighted by Gasteiger charge is -2.33. The summed E-state index contributed by atoms with van der Waals surface area (Å²) < 4.78 is 33.2. The summed E-state index contributed by atoms with van der Waals surface area (Å²) in [6, 6.07) is 26.5. The van der Waals surface area contributed by atoms with Crippen LogP contribution in [0.3, 0.4) is 0 Å². The molecule has 0 aliphatic carbocycles. The molecule has 7 heteroatoms. The van der Waals surface area contributed by atoms with Crippen molar-refractivity contribution < 1.29 is 22.7 Å². The normalized spacial score (nSPS) is 13.3. The maximum atomic E-state index is 12.9. The van der Waals surface area contributed by atoms with Gasteiger partial charge in [-0.05, 0) is 28.3 Å². The summed E-state index contributed by atoms with van der Waals surface area (Å²) in [4.78, 5) is 12.9. The zero-order valence-corrected chi connectivity index (χ0v) is 19.0. The van der Waals surface area contributed by atoms with E-state index in [1.807, 2.05) is 72.8 Å². The van der Waals surface area contributed by atoms with E-state index in [-0.39, 0.29) is 13.2 Å². The molecule has 2 N–H and O–H groups in total. The Morgan fingerprint density at radius 1 is 0.970 bits per heavy atom. The predicted molar refractivity (Wildman–Crippen MR) is 128 cm³/mol. The number of ether oxygens (including phenoxy) is 2. The lowest BCUT2D eigenvalue weighted by molar-refractivity contribution is -0.150. The van der Waals surface area contributed by atoms with E-state index in [9.17, 15) is 13.2 Å². The van der Waals surface area contributed by atoms with Gasteiger partial charge in [0.05, 0.1) is 20.3 Å². The van der Waals surface area contributed by atoms with Gasteiger partial charge in [-0.25, -0.2) is 4.79 Å². The number of methoxy groups -OCH3 is 1. The minimum atomic E-state index is -2.58. The van der Waals surface area contributed by atoms with Gasteiger partial charge in [0.2, 0.25) is 0 Å². The van der Waals surface area contributed by atoms with Crippen LogP contribution in [0.25, 0.3) is 11.1 Å². The van der Waals surface area contributed by atoms with Crippen LogP contribution in [0.2, 0.25) is 0 Å². The summed E-state index contributed by atoms with van der Waals surface area (Å²) in [5.74, 6) is -1.56. The summed E-state index contributed by atoms with van der Waals surface area (Å²) in [5, 5.41) is 2.21. The number of nitrogens with two attached hydrogens (primary N) is 1. The van der Waals surface area contributed by atoms with E-state index in [1.54, 1.807) is 12.1 Å². The number of hydrogen-bond acceptors (Lipinski definition) is 6. The van der Waals surface area contributed by atoms with E-state index in [2.05, 4.69) is 5.02 Å². The molecule has 0 radical (unpaired) electrons. The van der Waals surface area contributed by atoms with Gasteiger partial charge >= 0.3 is 5.97 Å². The Morgan fingerprint density at radius 2 is 1.55 bits per heavy atom. The lowest BCUT2D eigenvalue weighted by atomic mass is 9.78. The van der Waals surface area contributed by atoms with Crippen LogP contribution in [0, 0.1) is 5.92 Å². The molecule has 0 bridgehead atoms. The Labute approximate surface area is 194 Å². The maximum Gasteiger partial charge on any atom is 0.331 e. The van der Waals surface area contributed by atoms with Crippen LogP contribution < -0.4 is 5.73 Å². The van der Waals surface area contributed by atoms with E-state index in [0.29, 0.717) is 5.56 Å². The molecule has 0 fully saturated rings. The van der Waals surface area contributed by atoms with Crippen LogP contribution in [0.1, 0.15) is 11.1 Å². The predicted octanol–water partition coefficient (Wildman–Crippen LogP) is 3.35. The number of esters is 1. The smallest absolute Gasteiger partial charge is 0.331 e. The minimum absolute atomic E-state index is 0.0227. The second-order valence-electron chi connectivity index (χ2n) is 7.43. The zero-order chi connectivity index (χ0) is 23.7. The van der Waals surface area contributed by atoms with Crippen molar-refractivity contribution in [2.75, 3.05) is 13.7 Å². The number of rotatable bonds is 9. The van der Waals surface area contributed by atoms with Gasteiger partial charge in [-0.15, -0.1) is 0 Å². The molecule has 0 amide bonds. The largest absolute Gasteiger partial charge is 0.467 e. The molecule has 33 heavy (non-hydrogen) atoms. The lowest BCUT2D eigenvalue weighted by Crippen LogP contribution is -2.52. The van der Waals surface area contributed by atoms with Crippen LogP contribution >= 0.6 is 0 Å². The first kappa shape index (κ1) is 24.2. The average molecular weight is 464 g/mol. The summed E-state index contributed by atoms with van der Waals surface area (Å²) in [5.41, 5.74) is 8.33. The highest BCUT2D eigenvalue weighted by atomic mass is 32.2. The molecule has 3 rings (SSSR count). The van der Waals surface area contributed by atoms with Gasteiger partial charge in [-0.2, -0.15) is 8.42 Å². The van der Waals surface area contributed by atoms with Crippen LogP contribution in [0.4, 0.5) is 0 Å². The number of benzene rings is 3. The summed E-state index contributed by atoms with van der Waals surface area (Å²) >= 11 is 0. The van der Waals surface area contributed by atoms with Gasteiger partial charge in [0, 0.05) is 10.9 Å². The first-order chi connectivity index (χ1) is 15.9. The quantitative estimate of drug-likeness (QED) is 0.386. The average Bonchev–Trinajstić information content (AvgIpc) is 2.86. The van der Waals surface area contributed by atoms with E-state index in [0.717, 1.165) is 16.7 Å². The monoisotopic (exact) mass is 463 g/mol. The fourth-order valence-electron chi connectivity index (χ4n) is 3.55. The second-order valence-corrected chi connectivity index (χ2v) is 8.14. The third-order valence-electron chi connectivity index (χ3n) is 5.35. The maximum absolute atomic E-state index is 12.9. The van der Waals surface area contributed by atoms with Crippen LogP contribution in [0.15, 0.2) is 91.0 Å². The molecule has 3 aromatic carbocycles. The Hall–Kier alpha value is -3.48. The van der Waals surface area contributed by atoms with Crippen molar-refractivity contribution in [3.8, 4) is 11.1 Å². The van der Waals surface area contributed by atoms with Crippen LogP contribution in [-0.2, 0) is 36.7 Å². The van der Waals surface area contributed by atoms with E-state index in [4.69, 9.17) is 15.2 Å². The number of hydrogen-bond donors (Lipinski definition) is 1. The van der Waals surface area contributed by atoms with Gasteiger partial charge in [-0.3, -0.25) is 0 Å². The number of carbonyl (C=O) groups excluding carboxylic acids is 1. The topological polar surface area (TPSA) is 95.7 Å². The van der Waals surface area contributed by atoms with Crippen molar-refractivity contribution in [2.45, 2.75) is 12.1 Å². The standard InChI is InChI=1S/C26H25NO5S/c1-31-25(28)26(27,23-14-12-22(13-15-23)21-10-6-3-7-11-21)24(16-17-33(29)30)19-32-18-20-8-4-2-5-9-20/h2-16,24H,18-19,27H2,1H3. The van der Waals surface area contributed by atoms with Crippen molar-refractivity contribution in [3.05, 3.63) is 102 Å². The molecule has 3 aromatic rings. The molecule has 2 atom stereocenters. The SMILES string of the molecule is COC(=O)C(N)(c1ccc(-c2ccccc2)cc1)C(C=C=S(=O)=O)COCc1ccccc1. The highest BCUT2D eigenvalue weighted by molar-refractivity contribution is 7.70. The van der Waals surface area contributed by atoms with Crippen LogP contribution in [-0.4, -0.2) is 33.1 Å². The molecule has 6 nitrogen and oxygen atoms in total. The molecule has 0 saturated carbocycles. The minimum Gasteiger partial charge on any atom is -0.467 e. The Morgan fingerprint density at radius 3 is 2.12 bits per heavy atom. The molecule has 0 spiro atoms. The van der Waals surface area contributed by atoms with Crippen molar-refractivity contribution in [1.29, 1.82) is 0 Å². The Balaban J connectivity index is 1.95. The molecule has 0 aliphatic rings. The molecule has 0 aromatic heterocycles. The van der Waals surface area contributed by atoms with Crippen molar-refractivity contribution >= 4 is 21.3 Å². The molecule has 0 aliphatic heterocycles. The molecule has 2 unspecified atom stereocenters. The fourth-order valence-corrected chi connectivity index (χ4v) is 3.82. The molecule has 0 heterocycles. The van der Waals surface area contributed by atoms with Crippen molar-refractivity contribution in [3.63, 3.8) is 0 Å². The summed E-state index contributed by atoms with van der Waals surface area (Å²) in [6.07, 6.45) is 1.25. The van der Waals surface area contributed by atoms with Gasteiger partial charge < -0.3 is 15.2 Å². The third kappa shape index (κ3) is 6.06. The van der Waals surface area contributed by atoms with E-state index >= 15 is 0 Å². The highest BCUT2D eigenvalue weighted by Crippen LogP contribution is 2.32. The molecule has 0 saturated heterocycles. The van der Waals surface area contributed by atoms with E-state index < -0.39 is 27.7 Å². The van der Waals surface area contributed by atoms with Gasteiger partial charge in [-0.1, -0.05) is 84.9 Å². The fraction of sp³-hybridized carbons (Fsp3) is 0.192. The molecular formula is C26H25NO5S. The Bertz CT molecular complexity index is 1230. The van der Waals surface area contributed by atoms with Gasteiger partial charge in [0.1, 0.15) is 5.54 Å². The van der Waals surface area contributed by atoms with Gasteiger partial charge in [0.15, 0.2) is 0 Å². The van der Waals surface area contributed by atoms with E-state index in [1.165, 1.54) is 13.2 Å². The van der Waals surface area contributed by atoms with Crippen molar-refractivity contribution in [1.82, 2.24) is 0 Å². The highest BCUT2D eigenvalue weighted by Gasteiger charge is 2.44. The third-order valence-corrected chi connectivity index (χ3v) is 5.68.